The molecule has 2 aliphatic rings. The van der Waals surface area contributed by atoms with Crippen LogP contribution < -0.4 is 4.90 Å². The number of carbonyl (C=O) groups excluding carboxylic acids is 1. The van der Waals surface area contributed by atoms with Crippen molar-refractivity contribution in [3.05, 3.63) is 42.5 Å². The smallest absolute Gasteiger partial charge is 0.244 e. The number of aromatic nitrogens is 4. The van der Waals surface area contributed by atoms with E-state index in [1.807, 2.05) is 36.3 Å². The lowest BCUT2D eigenvalue weighted by Crippen LogP contribution is -2.46. The molecule has 2 atom stereocenters. The normalized spacial score (nSPS) is 24.2. The van der Waals surface area contributed by atoms with Crippen LogP contribution in [0.25, 0.3) is 11.0 Å². The van der Waals surface area contributed by atoms with E-state index in [1.54, 1.807) is 10.9 Å². The maximum atomic E-state index is 13.0. The van der Waals surface area contributed by atoms with Crippen molar-refractivity contribution in [1.82, 2.24) is 24.6 Å². The number of amides is 1. The molecule has 1 N–H and O–H groups in total. The summed E-state index contributed by atoms with van der Waals surface area (Å²) in [6.45, 7) is 2.63. The zero-order valence-electron chi connectivity index (χ0n) is 15.5. The molecule has 2 fully saturated rings. The third-order valence-electron chi connectivity index (χ3n) is 5.87. The number of imidazole rings is 1. The van der Waals surface area contributed by atoms with Gasteiger partial charge in [0.25, 0.3) is 0 Å². The summed E-state index contributed by atoms with van der Waals surface area (Å²) in [6, 6.07) is 8.13. The van der Waals surface area contributed by atoms with Crippen molar-refractivity contribution in [2.75, 3.05) is 24.5 Å². The zero-order valence-corrected chi connectivity index (χ0v) is 15.5. The molecule has 2 saturated heterocycles. The van der Waals surface area contributed by atoms with Gasteiger partial charge in [0, 0.05) is 32.3 Å². The number of fused-ring (bicyclic) bond motifs is 1. The van der Waals surface area contributed by atoms with Crippen LogP contribution in [0.2, 0.25) is 0 Å². The second-order valence-electron chi connectivity index (χ2n) is 7.64. The van der Waals surface area contributed by atoms with Crippen molar-refractivity contribution in [1.29, 1.82) is 0 Å². The molecule has 1 amide bonds. The Kier molecular flexibility index (Phi) is 3.97. The number of hydrogen-bond acceptors (Lipinski definition) is 4. The third-order valence-corrected chi connectivity index (χ3v) is 5.87. The van der Waals surface area contributed by atoms with Crippen LogP contribution in [0, 0.1) is 0 Å². The minimum absolute atomic E-state index is 0.0302. The molecule has 0 aliphatic carbocycles. The number of hydrogen-bond donors (Lipinski definition) is 1. The number of likely N-dealkylation sites (tertiary alicyclic amines) is 1. The predicted octanol–water partition coefficient (Wildman–Crippen LogP) is 2.28. The van der Waals surface area contributed by atoms with Gasteiger partial charge in [-0.05, 0) is 37.9 Å². The first-order chi connectivity index (χ1) is 13.2. The van der Waals surface area contributed by atoms with E-state index in [4.69, 9.17) is 4.98 Å². The highest BCUT2D eigenvalue weighted by Crippen LogP contribution is 2.31. The van der Waals surface area contributed by atoms with Crippen molar-refractivity contribution >= 4 is 22.6 Å². The lowest BCUT2D eigenvalue weighted by molar-refractivity contribution is -0.122. The molecule has 0 bridgehead atoms. The first-order valence-corrected chi connectivity index (χ1v) is 9.68. The number of nitrogens with one attached hydrogen (secondary N) is 1. The SMILES string of the molecule is Cn1cc(N2CC[C@@H](N3CCC[C@H](c4nc5ccccc5[nH]4)C3)C2=O)cn1. The van der Waals surface area contributed by atoms with Gasteiger partial charge in [0.15, 0.2) is 0 Å². The molecule has 3 aromatic rings. The van der Waals surface area contributed by atoms with Crippen molar-refractivity contribution in [2.24, 2.45) is 7.05 Å². The van der Waals surface area contributed by atoms with E-state index in [0.29, 0.717) is 5.92 Å². The standard InChI is InChI=1S/C20H24N6O/c1-24-13-15(11-21-24)26-10-8-18(20(26)27)25-9-4-5-14(12-25)19-22-16-6-2-3-7-17(16)23-19/h2-3,6-7,11,13-14,18H,4-5,8-10,12H2,1H3,(H,22,23)/t14-,18+/m0/s1. The van der Waals surface area contributed by atoms with Gasteiger partial charge in [-0.15, -0.1) is 0 Å². The molecule has 0 radical (unpaired) electrons. The Morgan fingerprint density at radius 2 is 2.07 bits per heavy atom. The van der Waals surface area contributed by atoms with E-state index in [-0.39, 0.29) is 11.9 Å². The van der Waals surface area contributed by atoms with E-state index in [1.165, 1.54) is 0 Å². The maximum Gasteiger partial charge on any atom is 0.244 e. The Balaban J connectivity index is 1.33. The molecular weight excluding hydrogens is 340 g/mol. The molecule has 7 nitrogen and oxygen atoms in total. The molecule has 7 heteroatoms. The number of piperidine rings is 1. The second kappa shape index (κ2) is 6.49. The van der Waals surface area contributed by atoms with Gasteiger partial charge >= 0.3 is 0 Å². The summed E-state index contributed by atoms with van der Waals surface area (Å²) in [4.78, 5) is 25.5. The highest BCUT2D eigenvalue weighted by atomic mass is 16.2. The van der Waals surface area contributed by atoms with E-state index >= 15 is 0 Å². The maximum absolute atomic E-state index is 13.0. The average Bonchev–Trinajstić information content (AvgIpc) is 3.39. The number of aryl methyl sites for hydroxylation is 1. The summed E-state index contributed by atoms with van der Waals surface area (Å²) in [5.74, 6) is 1.61. The molecule has 4 heterocycles. The molecule has 1 aromatic carbocycles. The minimum atomic E-state index is -0.0302. The van der Waals surface area contributed by atoms with Crippen LogP contribution in [-0.4, -0.2) is 56.2 Å². The lowest BCUT2D eigenvalue weighted by Gasteiger charge is -2.35. The topological polar surface area (TPSA) is 70.1 Å². The van der Waals surface area contributed by atoms with Crippen LogP contribution in [0.15, 0.2) is 36.7 Å². The third kappa shape index (κ3) is 2.92. The first kappa shape index (κ1) is 16.5. The van der Waals surface area contributed by atoms with Crippen molar-refractivity contribution < 1.29 is 4.79 Å². The number of benzene rings is 1. The fourth-order valence-corrected chi connectivity index (χ4v) is 4.49. The van der Waals surface area contributed by atoms with Gasteiger partial charge in [-0.1, -0.05) is 12.1 Å². The Morgan fingerprint density at radius 1 is 1.19 bits per heavy atom. The van der Waals surface area contributed by atoms with Gasteiger partial charge in [0.2, 0.25) is 5.91 Å². The Labute approximate surface area is 158 Å². The van der Waals surface area contributed by atoms with Gasteiger partial charge in [0.05, 0.1) is 29.0 Å². The molecule has 0 saturated carbocycles. The zero-order chi connectivity index (χ0) is 18.4. The molecule has 2 aromatic heterocycles. The number of para-hydroxylation sites is 2. The Bertz CT molecular complexity index is 943. The number of nitrogens with zero attached hydrogens (tertiary/aromatic N) is 5. The van der Waals surface area contributed by atoms with Crippen LogP contribution in [0.5, 0.6) is 0 Å². The van der Waals surface area contributed by atoms with Crippen molar-refractivity contribution in [3.63, 3.8) is 0 Å². The second-order valence-corrected chi connectivity index (χ2v) is 7.64. The molecule has 0 spiro atoms. The van der Waals surface area contributed by atoms with Crippen LogP contribution in [0.3, 0.4) is 0 Å². The highest BCUT2D eigenvalue weighted by Gasteiger charge is 2.39. The van der Waals surface area contributed by atoms with Gasteiger partial charge in [-0.25, -0.2) is 4.98 Å². The van der Waals surface area contributed by atoms with E-state index in [9.17, 15) is 4.79 Å². The summed E-state index contributed by atoms with van der Waals surface area (Å²) in [5.41, 5.74) is 3.00. The number of H-pyrrole nitrogens is 1. The van der Waals surface area contributed by atoms with Crippen LogP contribution in [-0.2, 0) is 11.8 Å². The fraction of sp³-hybridized carbons (Fsp3) is 0.450. The van der Waals surface area contributed by atoms with Crippen LogP contribution >= 0.6 is 0 Å². The fourth-order valence-electron chi connectivity index (χ4n) is 4.49. The monoisotopic (exact) mass is 364 g/mol. The highest BCUT2D eigenvalue weighted by molar-refractivity contribution is 5.99. The summed E-state index contributed by atoms with van der Waals surface area (Å²) in [5, 5.41) is 4.20. The van der Waals surface area contributed by atoms with E-state index < -0.39 is 0 Å². The minimum Gasteiger partial charge on any atom is -0.342 e. The average molecular weight is 364 g/mol. The quantitative estimate of drug-likeness (QED) is 0.774. The van der Waals surface area contributed by atoms with Gasteiger partial charge in [0.1, 0.15) is 5.82 Å². The number of anilines is 1. The lowest BCUT2D eigenvalue weighted by atomic mass is 9.95. The van der Waals surface area contributed by atoms with E-state index in [2.05, 4.69) is 21.0 Å². The number of carbonyl (C=O) groups is 1. The van der Waals surface area contributed by atoms with Gasteiger partial charge in [-0.3, -0.25) is 14.4 Å². The number of rotatable bonds is 3. The Hall–Kier alpha value is -2.67. The molecule has 5 rings (SSSR count). The predicted molar refractivity (Wildman–Crippen MR) is 104 cm³/mol. The van der Waals surface area contributed by atoms with E-state index in [0.717, 1.165) is 61.4 Å². The summed E-state index contributed by atoms with van der Waals surface area (Å²) < 4.78 is 1.74. The largest absolute Gasteiger partial charge is 0.342 e. The van der Waals surface area contributed by atoms with Gasteiger partial charge < -0.3 is 9.88 Å². The molecule has 2 aliphatic heterocycles. The van der Waals surface area contributed by atoms with Crippen molar-refractivity contribution in [2.45, 2.75) is 31.2 Å². The Morgan fingerprint density at radius 3 is 2.89 bits per heavy atom. The molecule has 0 unspecified atom stereocenters. The number of aromatic amines is 1. The summed E-state index contributed by atoms with van der Waals surface area (Å²) >= 11 is 0. The molecule has 27 heavy (non-hydrogen) atoms. The summed E-state index contributed by atoms with van der Waals surface area (Å²) in [6.07, 6.45) is 6.77. The van der Waals surface area contributed by atoms with Crippen LogP contribution in [0.1, 0.15) is 31.0 Å². The van der Waals surface area contributed by atoms with Crippen molar-refractivity contribution in [3.8, 4) is 0 Å². The molecular formula is C20H24N6O. The molecule has 140 valence electrons. The summed E-state index contributed by atoms with van der Waals surface area (Å²) in [7, 11) is 1.88. The van der Waals surface area contributed by atoms with Gasteiger partial charge in [-0.2, -0.15) is 5.10 Å². The van der Waals surface area contributed by atoms with Crippen LogP contribution in [0.4, 0.5) is 5.69 Å². The first-order valence-electron chi connectivity index (χ1n) is 9.68.